The normalized spacial score (nSPS) is 11.0. The second kappa shape index (κ2) is 4.11. The summed E-state index contributed by atoms with van der Waals surface area (Å²) in [4.78, 5) is 4.33. The number of likely N-dealkylation sites (N-methyl/N-ethyl adjacent to an activating group) is 1. The molecule has 0 aliphatic heterocycles. The van der Waals surface area contributed by atoms with E-state index in [9.17, 15) is 0 Å². The third-order valence-corrected chi connectivity index (χ3v) is 2.65. The van der Waals surface area contributed by atoms with E-state index in [4.69, 9.17) is 0 Å². The Hall–Kier alpha value is -0.870. The molecule has 0 saturated heterocycles. The van der Waals surface area contributed by atoms with E-state index in [0.717, 1.165) is 23.1 Å². The lowest BCUT2D eigenvalue weighted by atomic mass is 10.3. The molecule has 4 heteroatoms. The lowest BCUT2D eigenvalue weighted by molar-refractivity contribution is 0.771. The summed E-state index contributed by atoms with van der Waals surface area (Å²) in [5, 5.41) is 3.13. The fourth-order valence-corrected chi connectivity index (χ4v) is 1.78. The van der Waals surface area contributed by atoms with E-state index in [-0.39, 0.29) is 0 Å². The van der Waals surface area contributed by atoms with Crippen LogP contribution in [-0.4, -0.2) is 23.0 Å². The second-order valence-corrected chi connectivity index (χ2v) is 4.09. The van der Waals surface area contributed by atoms with E-state index in [1.165, 1.54) is 5.69 Å². The van der Waals surface area contributed by atoms with Crippen molar-refractivity contribution in [1.29, 1.82) is 0 Å². The van der Waals surface area contributed by atoms with Crippen molar-refractivity contribution >= 4 is 21.6 Å². The highest BCUT2D eigenvalue weighted by Gasteiger charge is 2.02. The first-order valence-electron chi connectivity index (χ1n) is 4.57. The lowest BCUT2D eigenvalue weighted by Gasteiger charge is -2.01. The van der Waals surface area contributed by atoms with Gasteiger partial charge in [0.2, 0.25) is 0 Å². The maximum Gasteiger partial charge on any atom is 0.136 e. The van der Waals surface area contributed by atoms with E-state index in [2.05, 4.69) is 30.6 Å². The lowest BCUT2D eigenvalue weighted by Crippen LogP contribution is -2.11. The van der Waals surface area contributed by atoms with Crippen LogP contribution in [0.3, 0.4) is 0 Å². The van der Waals surface area contributed by atoms with Crippen molar-refractivity contribution in [2.45, 2.75) is 6.42 Å². The molecular weight excluding hydrogens is 242 g/mol. The molecule has 0 aromatic carbocycles. The van der Waals surface area contributed by atoms with Gasteiger partial charge in [0.05, 0.1) is 0 Å². The van der Waals surface area contributed by atoms with Crippen molar-refractivity contribution in [2.75, 3.05) is 13.6 Å². The SMILES string of the molecule is CNCCc1cnc2ccc(Br)cn12. The van der Waals surface area contributed by atoms with E-state index in [1.807, 2.05) is 31.6 Å². The molecule has 0 radical (unpaired) electrons. The number of hydrogen-bond acceptors (Lipinski definition) is 2. The van der Waals surface area contributed by atoms with Crippen LogP contribution in [0.4, 0.5) is 0 Å². The smallest absolute Gasteiger partial charge is 0.136 e. The predicted molar refractivity (Wildman–Crippen MR) is 60.5 cm³/mol. The summed E-state index contributed by atoms with van der Waals surface area (Å²) in [6, 6.07) is 4.01. The van der Waals surface area contributed by atoms with Crippen molar-refractivity contribution in [3.05, 3.63) is 34.7 Å². The summed E-state index contributed by atoms with van der Waals surface area (Å²) in [6.07, 6.45) is 4.97. The van der Waals surface area contributed by atoms with Gasteiger partial charge in [-0.15, -0.1) is 0 Å². The Morgan fingerprint density at radius 2 is 2.36 bits per heavy atom. The summed E-state index contributed by atoms with van der Waals surface area (Å²) < 4.78 is 3.19. The number of hydrogen-bond donors (Lipinski definition) is 1. The molecule has 2 rings (SSSR count). The molecule has 2 heterocycles. The third-order valence-electron chi connectivity index (χ3n) is 2.18. The largest absolute Gasteiger partial charge is 0.319 e. The number of nitrogens with zero attached hydrogens (tertiary/aromatic N) is 2. The van der Waals surface area contributed by atoms with Gasteiger partial charge in [-0.2, -0.15) is 0 Å². The molecule has 14 heavy (non-hydrogen) atoms. The topological polar surface area (TPSA) is 29.3 Å². The number of nitrogens with one attached hydrogen (secondary N) is 1. The monoisotopic (exact) mass is 253 g/mol. The van der Waals surface area contributed by atoms with Crippen LogP contribution in [0, 0.1) is 0 Å². The minimum absolute atomic E-state index is 0.973. The second-order valence-electron chi connectivity index (χ2n) is 3.18. The molecule has 0 saturated carbocycles. The molecule has 2 aromatic heterocycles. The molecular formula is C10H12BrN3. The highest BCUT2D eigenvalue weighted by molar-refractivity contribution is 9.10. The van der Waals surface area contributed by atoms with E-state index >= 15 is 0 Å². The fourth-order valence-electron chi connectivity index (χ4n) is 1.44. The summed E-state index contributed by atoms with van der Waals surface area (Å²) in [7, 11) is 1.96. The molecule has 0 amide bonds. The summed E-state index contributed by atoms with van der Waals surface area (Å²) in [6.45, 7) is 0.973. The third kappa shape index (κ3) is 1.81. The van der Waals surface area contributed by atoms with E-state index in [0.29, 0.717) is 0 Å². The van der Waals surface area contributed by atoms with E-state index in [1.54, 1.807) is 0 Å². The number of fused-ring (bicyclic) bond motifs is 1. The molecule has 0 aliphatic rings. The Balaban J connectivity index is 2.40. The molecule has 0 bridgehead atoms. The molecule has 0 fully saturated rings. The zero-order valence-corrected chi connectivity index (χ0v) is 9.58. The first kappa shape index (κ1) is 9.68. The van der Waals surface area contributed by atoms with Crippen molar-refractivity contribution < 1.29 is 0 Å². The first-order valence-corrected chi connectivity index (χ1v) is 5.36. The van der Waals surface area contributed by atoms with Crippen LogP contribution in [-0.2, 0) is 6.42 Å². The minimum atomic E-state index is 0.973. The van der Waals surface area contributed by atoms with Gasteiger partial charge in [-0.25, -0.2) is 4.98 Å². The quantitative estimate of drug-likeness (QED) is 0.905. The number of pyridine rings is 1. The fraction of sp³-hybridized carbons (Fsp3) is 0.300. The van der Waals surface area contributed by atoms with Crippen LogP contribution in [0.15, 0.2) is 29.0 Å². The summed E-state index contributed by atoms with van der Waals surface area (Å²) in [5.41, 5.74) is 2.23. The van der Waals surface area contributed by atoms with Crippen molar-refractivity contribution in [1.82, 2.24) is 14.7 Å². The maximum absolute atomic E-state index is 4.33. The van der Waals surface area contributed by atoms with Gasteiger partial charge in [0.15, 0.2) is 0 Å². The zero-order chi connectivity index (χ0) is 9.97. The van der Waals surface area contributed by atoms with Gasteiger partial charge in [-0.3, -0.25) is 0 Å². The summed E-state index contributed by atoms with van der Waals surface area (Å²) in [5.74, 6) is 0. The predicted octanol–water partition coefficient (Wildman–Crippen LogP) is 1.86. The highest BCUT2D eigenvalue weighted by Crippen LogP contribution is 2.13. The Morgan fingerprint density at radius 3 is 3.14 bits per heavy atom. The number of halogens is 1. The molecule has 3 nitrogen and oxygen atoms in total. The molecule has 0 spiro atoms. The van der Waals surface area contributed by atoms with Gasteiger partial charge in [-0.1, -0.05) is 0 Å². The Morgan fingerprint density at radius 1 is 1.50 bits per heavy atom. The first-order chi connectivity index (χ1) is 6.81. The summed E-state index contributed by atoms with van der Waals surface area (Å²) >= 11 is 3.46. The molecule has 0 unspecified atom stereocenters. The molecule has 1 N–H and O–H groups in total. The standard InChI is InChI=1S/C10H12BrN3/c1-12-5-4-9-6-13-10-3-2-8(11)7-14(9)10/h2-3,6-7,12H,4-5H2,1H3. The number of imidazole rings is 1. The van der Waals surface area contributed by atoms with Gasteiger partial charge in [-0.05, 0) is 35.1 Å². The highest BCUT2D eigenvalue weighted by atomic mass is 79.9. The zero-order valence-electron chi connectivity index (χ0n) is 8.00. The van der Waals surface area contributed by atoms with Crippen molar-refractivity contribution in [3.63, 3.8) is 0 Å². The minimum Gasteiger partial charge on any atom is -0.319 e. The van der Waals surface area contributed by atoms with Crippen molar-refractivity contribution in [3.8, 4) is 0 Å². The van der Waals surface area contributed by atoms with Gasteiger partial charge < -0.3 is 9.72 Å². The Bertz CT molecular complexity index is 436. The molecule has 74 valence electrons. The maximum atomic E-state index is 4.33. The van der Waals surface area contributed by atoms with Crippen LogP contribution in [0.2, 0.25) is 0 Å². The molecule has 2 aromatic rings. The van der Waals surface area contributed by atoms with E-state index < -0.39 is 0 Å². The Kier molecular flexibility index (Phi) is 2.84. The van der Waals surface area contributed by atoms with Crippen molar-refractivity contribution in [2.24, 2.45) is 0 Å². The molecule has 0 aliphatic carbocycles. The number of aromatic nitrogens is 2. The van der Waals surface area contributed by atoms with Crippen LogP contribution >= 0.6 is 15.9 Å². The molecule has 0 atom stereocenters. The average molecular weight is 254 g/mol. The van der Waals surface area contributed by atoms with Gasteiger partial charge in [0, 0.05) is 35.5 Å². The van der Waals surface area contributed by atoms with Gasteiger partial charge in [0.25, 0.3) is 0 Å². The van der Waals surface area contributed by atoms with Crippen LogP contribution in [0.5, 0.6) is 0 Å². The van der Waals surface area contributed by atoms with Gasteiger partial charge in [0.1, 0.15) is 5.65 Å². The van der Waals surface area contributed by atoms with Crippen LogP contribution in [0.1, 0.15) is 5.69 Å². The number of rotatable bonds is 3. The van der Waals surface area contributed by atoms with Crippen LogP contribution in [0.25, 0.3) is 5.65 Å². The Labute approximate surface area is 91.3 Å². The van der Waals surface area contributed by atoms with Gasteiger partial charge >= 0.3 is 0 Å². The van der Waals surface area contributed by atoms with Crippen LogP contribution < -0.4 is 5.32 Å². The average Bonchev–Trinajstić information content (AvgIpc) is 2.57.